The topological polar surface area (TPSA) is 17.1 Å². The van der Waals surface area contributed by atoms with Crippen LogP contribution in [0.5, 0.6) is 0 Å². The van der Waals surface area contributed by atoms with Crippen LogP contribution in [0.1, 0.15) is 26.7 Å². The second kappa shape index (κ2) is 3.18. The van der Waals surface area contributed by atoms with Crippen molar-refractivity contribution in [3.63, 3.8) is 0 Å². The van der Waals surface area contributed by atoms with Crippen LogP contribution in [0.2, 0.25) is 0 Å². The van der Waals surface area contributed by atoms with Gasteiger partial charge in [-0.05, 0) is 23.8 Å². The second-order valence-corrected chi connectivity index (χ2v) is 4.94. The highest BCUT2D eigenvalue weighted by Gasteiger charge is 2.49. The Morgan fingerprint density at radius 1 is 1.64 bits per heavy atom. The summed E-state index contributed by atoms with van der Waals surface area (Å²) in [4.78, 5) is 11.4. The molecule has 2 heteroatoms. The smallest absolute Gasteiger partial charge is 0.137 e. The number of ketones is 1. The Morgan fingerprint density at radius 3 is 2.55 bits per heavy atom. The van der Waals surface area contributed by atoms with E-state index >= 15 is 0 Å². The zero-order valence-corrected chi connectivity index (χ0v) is 8.33. The third-order valence-electron chi connectivity index (χ3n) is 2.45. The van der Waals surface area contributed by atoms with Gasteiger partial charge in [-0.15, -0.1) is 0 Å². The monoisotopic (exact) mass is 172 g/mol. The van der Waals surface area contributed by atoms with Gasteiger partial charge in [-0.3, -0.25) is 4.79 Å². The number of Topliss-reactive ketones (excluding diaryl/α,β-unsaturated/α-hetero) is 1. The highest BCUT2D eigenvalue weighted by Crippen LogP contribution is 2.52. The van der Waals surface area contributed by atoms with Crippen molar-refractivity contribution >= 4 is 17.5 Å². The van der Waals surface area contributed by atoms with Gasteiger partial charge in [-0.1, -0.05) is 13.8 Å². The maximum Gasteiger partial charge on any atom is 0.137 e. The summed E-state index contributed by atoms with van der Waals surface area (Å²) < 4.78 is 0. The van der Waals surface area contributed by atoms with Gasteiger partial charge in [0.1, 0.15) is 5.78 Å². The van der Waals surface area contributed by atoms with Gasteiger partial charge < -0.3 is 0 Å². The van der Waals surface area contributed by atoms with Crippen LogP contribution >= 0.6 is 11.8 Å². The van der Waals surface area contributed by atoms with Gasteiger partial charge in [-0.2, -0.15) is 11.8 Å². The van der Waals surface area contributed by atoms with E-state index in [0.717, 1.165) is 18.6 Å². The molecule has 1 aliphatic carbocycles. The quantitative estimate of drug-likeness (QED) is 0.647. The Morgan fingerprint density at radius 2 is 2.18 bits per heavy atom. The van der Waals surface area contributed by atoms with Crippen LogP contribution in [0.25, 0.3) is 0 Å². The first-order valence-corrected chi connectivity index (χ1v) is 5.49. The van der Waals surface area contributed by atoms with Gasteiger partial charge in [0.25, 0.3) is 0 Å². The molecule has 0 aromatic rings. The summed E-state index contributed by atoms with van der Waals surface area (Å²) in [7, 11) is 0. The van der Waals surface area contributed by atoms with Crippen LogP contribution in [-0.4, -0.2) is 17.8 Å². The minimum atomic E-state index is 0.329. The lowest BCUT2D eigenvalue weighted by molar-refractivity contribution is -0.120. The van der Waals surface area contributed by atoms with Crippen LogP contribution in [0.3, 0.4) is 0 Å². The van der Waals surface area contributed by atoms with Gasteiger partial charge in [0.05, 0.1) is 0 Å². The maximum absolute atomic E-state index is 11.4. The fourth-order valence-electron chi connectivity index (χ4n) is 1.39. The van der Waals surface area contributed by atoms with Crippen LogP contribution in [0.4, 0.5) is 0 Å². The summed E-state index contributed by atoms with van der Waals surface area (Å²) in [6, 6.07) is 0. The summed E-state index contributed by atoms with van der Waals surface area (Å²) in [5.74, 6) is 1.85. The first kappa shape index (κ1) is 9.11. The molecule has 0 aromatic carbocycles. The Bertz CT molecular complexity index is 163. The standard InChI is InChI=1S/C9H16OS/c1-9(2)6-7(9)8(10)4-5-11-3/h7H,4-6H2,1-3H3. The van der Waals surface area contributed by atoms with Gasteiger partial charge in [0.2, 0.25) is 0 Å². The van der Waals surface area contributed by atoms with E-state index in [1.54, 1.807) is 11.8 Å². The minimum absolute atomic E-state index is 0.329. The van der Waals surface area contributed by atoms with E-state index in [1.807, 2.05) is 6.26 Å². The van der Waals surface area contributed by atoms with Crippen molar-refractivity contribution in [2.45, 2.75) is 26.7 Å². The lowest BCUT2D eigenvalue weighted by Gasteiger charge is -2.00. The number of carbonyl (C=O) groups is 1. The molecule has 0 N–H and O–H groups in total. The van der Waals surface area contributed by atoms with Gasteiger partial charge in [-0.25, -0.2) is 0 Å². The molecule has 1 unspecified atom stereocenters. The number of hydrogen-bond donors (Lipinski definition) is 0. The molecule has 1 aliphatic rings. The highest BCUT2D eigenvalue weighted by atomic mass is 32.2. The third-order valence-corrected chi connectivity index (χ3v) is 3.07. The minimum Gasteiger partial charge on any atom is -0.299 e. The Kier molecular flexibility index (Phi) is 2.63. The zero-order chi connectivity index (χ0) is 8.48. The highest BCUT2D eigenvalue weighted by molar-refractivity contribution is 7.98. The summed E-state index contributed by atoms with van der Waals surface area (Å²) in [6.45, 7) is 4.35. The maximum atomic E-state index is 11.4. The molecule has 0 heterocycles. The number of hydrogen-bond acceptors (Lipinski definition) is 2. The van der Waals surface area contributed by atoms with E-state index < -0.39 is 0 Å². The van der Waals surface area contributed by atoms with E-state index in [1.165, 1.54) is 0 Å². The fourth-order valence-corrected chi connectivity index (χ4v) is 1.80. The van der Waals surface area contributed by atoms with Crippen molar-refractivity contribution in [2.75, 3.05) is 12.0 Å². The van der Waals surface area contributed by atoms with Crippen molar-refractivity contribution in [3.8, 4) is 0 Å². The number of thioether (sulfide) groups is 1. The van der Waals surface area contributed by atoms with Crippen molar-refractivity contribution in [1.29, 1.82) is 0 Å². The molecule has 0 radical (unpaired) electrons. The van der Waals surface area contributed by atoms with Crippen LogP contribution in [0.15, 0.2) is 0 Å². The molecule has 1 rings (SSSR count). The first-order valence-electron chi connectivity index (χ1n) is 4.09. The molecule has 0 aliphatic heterocycles. The SMILES string of the molecule is CSCCC(=O)C1CC1(C)C. The predicted molar refractivity (Wildman–Crippen MR) is 49.9 cm³/mol. The van der Waals surface area contributed by atoms with E-state index in [9.17, 15) is 4.79 Å². The van der Waals surface area contributed by atoms with E-state index in [2.05, 4.69) is 13.8 Å². The average Bonchev–Trinajstić information content (AvgIpc) is 2.55. The molecule has 1 fully saturated rings. The molecule has 0 spiro atoms. The molecule has 64 valence electrons. The van der Waals surface area contributed by atoms with Crippen molar-refractivity contribution in [3.05, 3.63) is 0 Å². The Labute approximate surface area is 72.9 Å². The molecule has 0 aromatic heterocycles. The normalized spacial score (nSPS) is 26.6. The van der Waals surface area contributed by atoms with Crippen LogP contribution in [-0.2, 0) is 4.79 Å². The molecule has 0 saturated heterocycles. The van der Waals surface area contributed by atoms with E-state index in [4.69, 9.17) is 0 Å². The zero-order valence-electron chi connectivity index (χ0n) is 7.52. The van der Waals surface area contributed by atoms with Gasteiger partial charge >= 0.3 is 0 Å². The average molecular weight is 172 g/mol. The van der Waals surface area contributed by atoms with E-state index in [-0.39, 0.29) is 0 Å². The molecular weight excluding hydrogens is 156 g/mol. The summed E-state index contributed by atoms with van der Waals surface area (Å²) in [5, 5.41) is 0. The first-order chi connectivity index (χ1) is 5.08. The summed E-state index contributed by atoms with van der Waals surface area (Å²) in [6.07, 6.45) is 3.93. The third kappa shape index (κ3) is 2.22. The van der Waals surface area contributed by atoms with Crippen LogP contribution < -0.4 is 0 Å². The molecule has 11 heavy (non-hydrogen) atoms. The van der Waals surface area contributed by atoms with Gasteiger partial charge in [0.15, 0.2) is 0 Å². The molecule has 1 saturated carbocycles. The fraction of sp³-hybridized carbons (Fsp3) is 0.889. The summed E-state index contributed by atoms with van der Waals surface area (Å²) >= 11 is 1.75. The number of carbonyl (C=O) groups excluding carboxylic acids is 1. The summed E-state index contributed by atoms with van der Waals surface area (Å²) in [5.41, 5.74) is 0.329. The van der Waals surface area contributed by atoms with E-state index in [0.29, 0.717) is 17.1 Å². The lowest BCUT2D eigenvalue weighted by Crippen LogP contribution is -2.06. The molecule has 1 nitrogen and oxygen atoms in total. The predicted octanol–water partition coefficient (Wildman–Crippen LogP) is 2.35. The largest absolute Gasteiger partial charge is 0.299 e. The van der Waals surface area contributed by atoms with Gasteiger partial charge in [0, 0.05) is 12.3 Å². The van der Waals surface area contributed by atoms with Crippen LogP contribution in [0, 0.1) is 11.3 Å². The molecular formula is C9H16OS. The van der Waals surface area contributed by atoms with Crippen molar-refractivity contribution < 1.29 is 4.79 Å². The molecule has 1 atom stereocenters. The lowest BCUT2D eigenvalue weighted by atomic mass is 10.1. The second-order valence-electron chi connectivity index (χ2n) is 3.95. The van der Waals surface area contributed by atoms with Crippen molar-refractivity contribution in [1.82, 2.24) is 0 Å². The molecule has 0 bridgehead atoms. The molecule has 0 amide bonds. The Hall–Kier alpha value is 0.0200. The Balaban J connectivity index is 2.23. The van der Waals surface area contributed by atoms with Crippen molar-refractivity contribution in [2.24, 2.45) is 11.3 Å². The number of rotatable bonds is 4.